The molecule has 21 heavy (non-hydrogen) atoms. The van der Waals surface area contributed by atoms with E-state index in [0.29, 0.717) is 18.5 Å². The Balaban J connectivity index is 2.01. The molecule has 5 heteroatoms. The molecule has 0 spiro atoms. The number of carbonyl (C=O) groups is 2. The Labute approximate surface area is 125 Å². The summed E-state index contributed by atoms with van der Waals surface area (Å²) < 4.78 is 1.82. The molecular formula is C16H23N2O3+. The van der Waals surface area contributed by atoms with Crippen LogP contribution in [0.25, 0.3) is 0 Å². The molecule has 5 nitrogen and oxygen atoms in total. The number of hydrogen-bond donors (Lipinski definition) is 2. The van der Waals surface area contributed by atoms with Gasteiger partial charge in [-0.2, -0.15) is 0 Å². The molecule has 2 atom stereocenters. The number of carboxylic acid groups (broad SMARTS) is 1. The van der Waals surface area contributed by atoms with Gasteiger partial charge in [0.15, 0.2) is 12.4 Å². The lowest BCUT2D eigenvalue weighted by Crippen LogP contribution is -2.44. The van der Waals surface area contributed by atoms with Crippen LogP contribution in [0.1, 0.15) is 43.0 Å². The smallest absolute Gasteiger partial charge is 0.309 e. The Hall–Kier alpha value is -1.91. The molecule has 114 valence electrons. The number of aliphatic carboxylic acids is 1. The maximum Gasteiger partial charge on any atom is 0.309 e. The molecule has 0 aliphatic heterocycles. The van der Waals surface area contributed by atoms with Crippen LogP contribution in [0.4, 0.5) is 0 Å². The highest BCUT2D eigenvalue weighted by molar-refractivity contribution is 5.93. The van der Waals surface area contributed by atoms with Crippen molar-refractivity contribution in [2.24, 2.45) is 18.4 Å². The summed E-state index contributed by atoms with van der Waals surface area (Å²) in [5.41, 5.74) is -0.139. The average Bonchev–Trinajstić information content (AvgIpc) is 2.46. The second-order valence-corrected chi connectivity index (χ2v) is 6.13. The summed E-state index contributed by atoms with van der Waals surface area (Å²) in [6, 6.07) is 3.57. The minimum absolute atomic E-state index is 0.00911. The van der Waals surface area contributed by atoms with Gasteiger partial charge in [-0.25, -0.2) is 4.57 Å². The first-order valence-electron chi connectivity index (χ1n) is 7.40. The van der Waals surface area contributed by atoms with Crippen LogP contribution in [0.15, 0.2) is 24.5 Å². The molecule has 1 fully saturated rings. The van der Waals surface area contributed by atoms with E-state index >= 15 is 0 Å². The average molecular weight is 291 g/mol. The second-order valence-electron chi connectivity index (χ2n) is 6.13. The van der Waals surface area contributed by atoms with Crippen LogP contribution in [0.3, 0.4) is 0 Å². The van der Waals surface area contributed by atoms with Gasteiger partial charge in [-0.3, -0.25) is 9.59 Å². The van der Waals surface area contributed by atoms with E-state index in [0.717, 1.165) is 19.3 Å². The summed E-state index contributed by atoms with van der Waals surface area (Å²) >= 11 is 0. The molecule has 0 radical (unpaired) electrons. The lowest BCUT2D eigenvalue weighted by Gasteiger charge is -2.38. The quantitative estimate of drug-likeness (QED) is 0.826. The van der Waals surface area contributed by atoms with Gasteiger partial charge in [-0.15, -0.1) is 0 Å². The Morgan fingerprint density at radius 3 is 2.90 bits per heavy atom. The van der Waals surface area contributed by atoms with E-state index in [-0.39, 0.29) is 11.8 Å². The molecule has 0 aromatic carbocycles. The zero-order valence-electron chi connectivity index (χ0n) is 12.6. The molecule has 0 bridgehead atoms. The molecule has 1 saturated carbocycles. The Kier molecular flexibility index (Phi) is 4.60. The van der Waals surface area contributed by atoms with Crippen LogP contribution in [0, 0.1) is 11.3 Å². The van der Waals surface area contributed by atoms with E-state index in [1.807, 2.05) is 23.9 Å². The summed E-state index contributed by atoms with van der Waals surface area (Å²) in [7, 11) is 1.86. The number of aryl methyl sites for hydroxylation is 1. The first-order valence-corrected chi connectivity index (χ1v) is 7.40. The Bertz CT molecular complexity index is 544. The number of carboxylic acids is 1. The molecule has 1 amide bonds. The van der Waals surface area contributed by atoms with Gasteiger partial charge >= 0.3 is 5.97 Å². The van der Waals surface area contributed by atoms with Crippen molar-refractivity contribution >= 4 is 11.9 Å². The van der Waals surface area contributed by atoms with Crippen LogP contribution in [-0.2, 0) is 11.8 Å². The molecular weight excluding hydrogens is 268 g/mol. The highest BCUT2D eigenvalue weighted by Gasteiger charge is 2.42. The van der Waals surface area contributed by atoms with Crippen molar-refractivity contribution in [3.05, 3.63) is 30.1 Å². The summed E-state index contributed by atoms with van der Waals surface area (Å²) in [6.07, 6.45) is 7.13. The largest absolute Gasteiger partial charge is 0.481 e. The predicted octanol–water partition coefficient (Wildman–Crippen LogP) is 1.52. The third kappa shape index (κ3) is 3.40. The molecule has 2 N–H and O–H groups in total. The van der Waals surface area contributed by atoms with E-state index in [2.05, 4.69) is 5.32 Å². The lowest BCUT2D eigenvalue weighted by atomic mass is 9.67. The van der Waals surface area contributed by atoms with Crippen LogP contribution in [-0.4, -0.2) is 23.5 Å². The molecule has 1 heterocycles. The second kappa shape index (κ2) is 6.24. The first-order chi connectivity index (χ1) is 9.93. The molecule has 2 rings (SSSR count). The molecule has 2 unspecified atom stereocenters. The highest BCUT2D eigenvalue weighted by atomic mass is 16.4. The number of carbonyl (C=O) groups excluding carboxylic acids is 1. The van der Waals surface area contributed by atoms with Gasteiger partial charge in [0.1, 0.15) is 12.6 Å². The Morgan fingerprint density at radius 1 is 1.48 bits per heavy atom. The van der Waals surface area contributed by atoms with E-state index in [4.69, 9.17) is 0 Å². The maximum absolute atomic E-state index is 12.1. The van der Waals surface area contributed by atoms with Crippen molar-refractivity contribution in [1.82, 2.24) is 5.32 Å². The van der Waals surface area contributed by atoms with Gasteiger partial charge in [0, 0.05) is 12.6 Å². The Morgan fingerprint density at radius 2 is 2.24 bits per heavy atom. The van der Waals surface area contributed by atoms with E-state index < -0.39 is 11.4 Å². The third-order valence-corrected chi connectivity index (χ3v) is 4.60. The van der Waals surface area contributed by atoms with Crippen molar-refractivity contribution in [2.75, 3.05) is 6.54 Å². The molecule has 1 aliphatic carbocycles. The third-order valence-electron chi connectivity index (χ3n) is 4.60. The lowest BCUT2D eigenvalue weighted by molar-refractivity contribution is -0.671. The van der Waals surface area contributed by atoms with Crippen LogP contribution >= 0.6 is 0 Å². The monoisotopic (exact) mass is 291 g/mol. The number of hydrogen-bond acceptors (Lipinski definition) is 2. The fourth-order valence-electron chi connectivity index (χ4n) is 3.05. The number of pyridine rings is 1. The van der Waals surface area contributed by atoms with E-state index in [9.17, 15) is 14.7 Å². The van der Waals surface area contributed by atoms with Crippen LogP contribution in [0.2, 0.25) is 0 Å². The van der Waals surface area contributed by atoms with Gasteiger partial charge < -0.3 is 10.4 Å². The number of rotatable bonds is 4. The minimum atomic E-state index is -0.757. The molecule has 1 aromatic heterocycles. The topological polar surface area (TPSA) is 70.3 Å². The number of amides is 1. The normalized spacial score (nSPS) is 25.3. The standard InChI is InChI=1S/C16H22N2O3/c1-16(15(20)21)8-4-3-7-13(16)10-17-14(19)12-6-5-9-18(2)11-12/h5-6,9,11,13H,3-4,7-8,10H2,1-2H3,(H-,17,19,20,21)/p+1. The van der Waals surface area contributed by atoms with Crippen LogP contribution in [0.5, 0.6) is 0 Å². The highest BCUT2D eigenvalue weighted by Crippen LogP contribution is 2.40. The fraction of sp³-hybridized carbons (Fsp3) is 0.562. The minimum Gasteiger partial charge on any atom is -0.481 e. The van der Waals surface area contributed by atoms with Gasteiger partial charge in [-0.05, 0) is 31.7 Å². The number of nitrogens with zero attached hydrogens (tertiary/aromatic N) is 1. The van der Waals surface area contributed by atoms with Gasteiger partial charge in [0.2, 0.25) is 0 Å². The van der Waals surface area contributed by atoms with Crippen molar-refractivity contribution in [3.8, 4) is 0 Å². The van der Waals surface area contributed by atoms with Crippen molar-refractivity contribution < 1.29 is 19.3 Å². The zero-order valence-corrected chi connectivity index (χ0v) is 12.6. The summed E-state index contributed by atoms with van der Waals surface area (Å²) in [5, 5.41) is 12.4. The van der Waals surface area contributed by atoms with E-state index in [1.54, 1.807) is 19.2 Å². The molecule has 0 saturated heterocycles. The first kappa shape index (κ1) is 15.5. The SMILES string of the molecule is C[n+]1cccc(C(=O)NCC2CCCCC2(C)C(=O)O)c1. The van der Waals surface area contributed by atoms with Gasteiger partial charge in [0.05, 0.1) is 5.41 Å². The number of nitrogens with one attached hydrogen (secondary N) is 1. The summed E-state index contributed by atoms with van der Waals surface area (Å²) in [5.74, 6) is -0.915. The summed E-state index contributed by atoms with van der Waals surface area (Å²) in [4.78, 5) is 23.7. The molecule has 1 aromatic rings. The van der Waals surface area contributed by atoms with Gasteiger partial charge in [-0.1, -0.05) is 12.8 Å². The van der Waals surface area contributed by atoms with Crippen molar-refractivity contribution in [2.45, 2.75) is 32.6 Å². The van der Waals surface area contributed by atoms with Crippen molar-refractivity contribution in [3.63, 3.8) is 0 Å². The summed E-state index contributed by atoms with van der Waals surface area (Å²) in [6.45, 7) is 2.22. The van der Waals surface area contributed by atoms with E-state index in [1.165, 1.54) is 0 Å². The predicted molar refractivity (Wildman–Crippen MR) is 77.7 cm³/mol. The maximum atomic E-state index is 12.1. The molecule has 1 aliphatic rings. The number of aromatic nitrogens is 1. The van der Waals surface area contributed by atoms with Crippen LogP contribution < -0.4 is 9.88 Å². The zero-order chi connectivity index (χ0) is 15.5. The van der Waals surface area contributed by atoms with Crippen molar-refractivity contribution in [1.29, 1.82) is 0 Å². The fourth-order valence-corrected chi connectivity index (χ4v) is 3.05. The van der Waals surface area contributed by atoms with Gasteiger partial charge in [0.25, 0.3) is 5.91 Å².